The van der Waals surface area contributed by atoms with Gasteiger partial charge in [-0.15, -0.1) is 0 Å². The summed E-state index contributed by atoms with van der Waals surface area (Å²) in [6.07, 6.45) is 2.40. The molecule has 1 heterocycles. The maximum atomic E-state index is 11.5. The standard InChI is InChI=1S/C9H12N4O4/c10-7(14)2-1-5(9(16)17)13-8(15)6-3-11-4-12-6/h3-5H,1-2H2,(H2,10,14)(H,11,12)(H,13,15)(H,16,17)/t5-/m1/s1. The molecule has 1 aromatic heterocycles. The van der Waals surface area contributed by atoms with Crippen LogP contribution in [0.25, 0.3) is 0 Å². The Morgan fingerprint density at radius 2 is 2.24 bits per heavy atom. The van der Waals surface area contributed by atoms with Gasteiger partial charge in [0.05, 0.1) is 12.5 Å². The molecule has 0 spiro atoms. The highest BCUT2D eigenvalue weighted by molar-refractivity contribution is 5.94. The van der Waals surface area contributed by atoms with E-state index in [2.05, 4.69) is 15.3 Å². The van der Waals surface area contributed by atoms with Gasteiger partial charge in [-0.3, -0.25) is 9.59 Å². The number of amides is 2. The third kappa shape index (κ3) is 3.93. The first-order valence-electron chi connectivity index (χ1n) is 4.81. The van der Waals surface area contributed by atoms with Crippen LogP contribution in [-0.2, 0) is 9.59 Å². The molecule has 0 radical (unpaired) electrons. The number of aromatic amines is 1. The first-order valence-corrected chi connectivity index (χ1v) is 4.81. The second kappa shape index (κ2) is 5.64. The van der Waals surface area contributed by atoms with Crippen molar-refractivity contribution in [3.05, 3.63) is 18.2 Å². The molecule has 1 rings (SSSR count). The lowest BCUT2D eigenvalue weighted by Crippen LogP contribution is -2.41. The fourth-order valence-corrected chi connectivity index (χ4v) is 1.16. The van der Waals surface area contributed by atoms with Gasteiger partial charge in [0, 0.05) is 6.42 Å². The summed E-state index contributed by atoms with van der Waals surface area (Å²) in [6.45, 7) is 0. The summed E-state index contributed by atoms with van der Waals surface area (Å²) in [5.41, 5.74) is 5.05. The molecule has 17 heavy (non-hydrogen) atoms. The number of nitrogens with one attached hydrogen (secondary N) is 2. The summed E-state index contributed by atoms with van der Waals surface area (Å²) < 4.78 is 0. The summed E-state index contributed by atoms with van der Waals surface area (Å²) in [7, 11) is 0. The van der Waals surface area contributed by atoms with Crippen LogP contribution in [0.1, 0.15) is 23.3 Å². The molecule has 0 saturated heterocycles. The van der Waals surface area contributed by atoms with Gasteiger partial charge in [-0.05, 0) is 6.42 Å². The number of primary amides is 1. The summed E-state index contributed by atoms with van der Waals surface area (Å²) in [6, 6.07) is -1.15. The Morgan fingerprint density at radius 3 is 2.71 bits per heavy atom. The van der Waals surface area contributed by atoms with Gasteiger partial charge in [0.15, 0.2) is 0 Å². The maximum absolute atomic E-state index is 11.5. The largest absolute Gasteiger partial charge is 0.480 e. The number of nitrogens with zero attached hydrogens (tertiary/aromatic N) is 1. The van der Waals surface area contributed by atoms with Gasteiger partial charge in [0.25, 0.3) is 5.91 Å². The molecule has 2 amide bonds. The lowest BCUT2D eigenvalue weighted by Gasteiger charge is -2.12. The van der Waals surface area contributed by atoms with Gasteiger partial charge < -0.3 is 21.1 Å². The highest BCUT2D eigenvalue weighted by Crippen LogP contribution is 2.00. The predicted molar refractivity (Wildman–Crippen MR) is 55.9 cm³/mol. The van der Waals surface area contributed by atoms with Gasteiger partial charge >= 0.3 is 5.97 Å². The molecule has 1 atom stereocenters. The lowest BCUT2D eigenvalue weighted by atomic mass is 10.1. The summed E-state index contributed by atoms with van der Waals surface area (Å²) in [5, 5.41) is 11.1. The molecule has 5 N–H and O–H groups in total. The Kier molecular flexibility index (Phi) is 4.21. The summed E-state index contributed by atoms with van der Waals surface area (Å²) in [5.74, 6) is -2.44. The first kappa shape index (κ1) is 12.7. The molecule has 8 nitrogen and oxygen atoms in total. The molecule has 0 unspecified atom stereocenters. The number of rotatable bonds is 6. The normalized spacial score (nSPS) is 11.8. The minimum Gasteiger partial charge on any atom is -0.480 e. The van der Waals surface area contributed by atoms with E-state index in [1.54, 1.807) is 0 Å². The average molecular weight is 240 g/mol. The zero-order chi connectivity index (χ0) is 12.8. The molecule has 0 aromatic carbocycles. The molecule has 1 aromatic rings. The monoisotopic (exact) mass is 240 g/mol. The van der Waals surface area contributed by atoms with Crippen LogP contribution in [0, 0.1) is 0 Å². The molecule has 0 bridgehead atoms. The van der Waals surface area contributed by atoms with E-state index in [4.69, 9.17) is 10.8 Å². The van der Waals surface area contributed by atoms with Crippen LogP contribution in [0.15, 0.2) is 12.5 Å². The van der Waals surface area contributed by atoms with Crippen molar-refractivity contribution in [2.45, 2.75) is 18.9 Å². The quantitative estimate of drug-likeness (QED) is 0.497. The molecule has 0 saturated carbocycles. The Morgan fingerprint density at radius 1 is 1.53 bits per heavy atom. The minimum absolute atomic E-state index is 0.0510. The zero-order valence-electron chi connectivity index (χ0n) is 8.84. The van der Waals surface area contributed by atoms with Gasteiger partial charge in [-0.1, -0.05) is 0 Å². The Labute approximate surface area is 96.2 Å². The zero-order valence-corrected chi connectivity index (χ0v) is 8.84. The van der Waals surface area contributed by atoms with Crippen LogP contribution in [0.4, 0.5) is 0 Å². The van der Waals surface area contributed by atoms with Crippen molar-refractivity contribution < 1.29 is 19.5 Å². The van der Waals surface area contributed by atoms with E-state index in [0.29, 0.717) is 0 Å². The first-order chi connectivity index (χ1) is 8.00. The molecule has 0 aliphatic rings. The van der Waals surface area contributed by atoms with Crippen molar-refractivity contribution in [1.29, 1.82) is 0 Å². The number of imidazole rings is 1. The van der Waals surface area contributed by atoms with Gasteiger partial charge in [-0.2, -0.15) is 0 Å². The number of carbonyl (C=O) groups is 3. The SMILES string of the molecule is NC(=O)CC[C@@H](NC(=O)c1cnc[nH]1)C(=O)O. The average Bonchev–Trinajstić information content (AvgIpc) is 2.76. The molecule has 8 heteroatoms. The number of carboxylic acid groups (broad SMARTS) is 1. The number of aromatic nitrogens is 2. The third-order valence-electron chi connectivity index (χ3n) is 2.03. The molecule has 0 fully saturated rings. The smallest absolute Gasteiger partial charge is 0.326 e. The molecule has 0 aliphatic carbocycles. The van der Waals surface area contributed by atoms with E-state index >= 15 is 0 Å². The number of carboxylic acids is 1. The van der Waals surface area contributed by atoms with E-state index in [-0.39, 0.29) is 18.5 Å². The van der Waals surface area contributed by atoms with E-state index in [9.17, 15) is 14.4 Å². The van der Waals surface area contributed by atoms with E-state index in [0.717, 1.165) is 0 Å². The van der Waals surface area contributed by atoms with Crippen LogP contribution in [0.2, 0.25) is 0 Å². The fraction of sp³-hybridized carbons (Fsp3) is 0.333. The van der Waals surface area contributed by atoms with Crippen molar-refractivity contribution >= 4 is 17.8 Å². The molecule has 92 valence electrons. The van der Waals surface area contributed by atoms with Gasteiger partial charge in [0.1, 0.15) is 11.7 Å². The minimum atomic E-state index is -1.22. The summed E-state index contributed by atoms with van der Waals surface area (Å²) >= 11 is 0. The summed E-state index contributed by atoms with van der Waals surface area (Å²) in [4.78, 5) is 39.0. The van der Waals surface area contributed by atoms with E-state index < -0.39 is 23.8 Å². The number of nitrogens with two attached hydrogens (primary N) is 1. The highest BCUT2D eigenvalue weighted by atomic mass is 16.4. The van der Waals surface area contributed by atoms with Crippen molar-refractivity contribution in [3.63, 3.8) is 0 Å². The third-order valence-corrected chi connectivity index (χ3v) is 2.03. The molecular weight excluding hydrogens is 228 g/mol. The Hall–Kier alpha value is -2.38. The number of hydrogen-bond acceptors (Lipinski definition) is 4. The number of carbonyl (C=O) groups excluding carboxylic acids is 2. The van der Waals surface area contributed by atoms with Crippen LogP contribution >= 0.6 is 0 Å². The second-order valence-electron chi connectivity index (χ2n) is 3.33. The van der Waals surface area contributed by atoms with Crippen molar-refractivity contribution in [3.8, 4) is 0 Å². The topological polar surface area (TPSA) is 138 Å². The van der Waals surface area contributed by atoms with E-state index in [1.807, 2.05) is 0 Å². The maximum Gasteiger partial charge on any atom is 0.326 e. The van der Waals surface area contributed by atoms with Crippen molar-refractivity contribution in [2.24, 2.45) is 5.73 Å². The number of aliphatic carboxylic acids is 1. The Balaban J connectivity index is 2.58. The predicted octanol–water partition coefficient (Wildman–Crippen LogP) is -1.14. The van der Waals surface area contributed by atoms with Crippen LogP contribution in [0.3, 0.4) is 0 Å². The lowest BCUT2D eigenvalue weighted by molar-refractivity contribution is -0.139. The number of H-pyrrole nitrogens is 1. The number of hydrogen-bond donors (Lipinski definition) is 4. The van der Waals surface area contributed by atoms with E-state index in [1.165, 1.54) is 12.5 Å². The highest BCUT2D eigenvalue weighted by Gasteiger charge is 2.21. The van der Waals surface area contributed by atoms with Crippen LogP contribution < -0.4 is 11.1 Å². The van der Waals surface area contributed by atoms with Crippen LogP contribution in [-0.4, -0.2) is 38.9 Å². The fourth-order valence-electron chi connectivity index (χ4n) is 1.16. The Bertz CT molecular complexity index is 415. The molecule has 0 aliphatic heterocycles. The molecular formula is C9H12N4O4. The van der Waals surface area contributed by atoms with Crippen molar-refractivity contribution in [2.75, 3.05) is 0 Å². The van der Waals surface area contributed by atoms with Gasteiger partial charge in [-0.25, -0.2) is 9.78 Å². The second-order valence-corrected chi connectivity index (χ2v) is 3.33. The van der Waals surface area contributed by atoms with Gasteiger partial charge in [0.2, 0.25) is 5.91 Å². The van der Waals surface area contributed by atoms with Crippen LogP contribution in [0.5, 0.6) is 0 Å². The van der Waals surface area contributed by atoms with Crippen molar-refractivity contribution in [1.82, 2.24) is 15.3 Å².